The van der Waals surface area contributed by atoms with E-state index in [0.717, 1.165) is 23.5 Å². The van der Waals surface area contributed by atoms with Crippen molar-refractivity contribution in [2.45, 2.75) is 13.8 Å². The van der Waals surface area contributed by atoms with Gasteiger partial charge in [0.15, 0.2) is 0 Å². The molecule has 5 heteroatoms. The van der Waals surface area contributed by atoms with Gasteiger partial charge in [0.1, 0.15) is 0 Å². The molecule has 0 aromatic carbocycles. The Morgan fingerprint density at radius 3 is 1.73 bits per heavy atom. The molecule has 0 fully saturated rings. The van der Waals surface area contributed by atoms with Gasteiger partial charge in [0.25, 0.3) is 10.5 Å². The molecule has 0 aliphatic heterocycles. The highest BCUT2D eigenvalue weighted by molar-refractivity contribution is 8.15. The first-order chi connectivity index (χ1) is 5.20. The molecule has 0 aliphatic carbocycles. The summed E-state index contributed by atoms with van der Waals surface area (Å²) < 4.78 is 0. The lowest BCUT2D eigenvalue weighted by molar-refractivity contribution is 0.250. The van der Waals surface area contributed by atoms with Gasteiger partial charge in [-0.2, -0.15) is 0 Å². The van der Waals surface area contributed by atoms with E-state index in [-0.39, 0.29) is 10.5 Å². The van der Waals surface area contributed by atoms with Gasteiger partial charge in [-0.3, -0.25) is 14.9 Å². The summed E-state index contributed by atoms with van der Waals surface area (Å²) in [5.41, 5.74) is 0. The van der Waals surface area contributed by atoms with E-state index in [1.54, 1.807) is 0 Å². The van der Waals surface area contributed by atoms with Crippen LogP contribution < -0.4 is 5.32 Å². The van der Waals surface area contributed by atoms with Gasteiger partial charge in [0.2, 0.25) is 0 Å². The quantitative estimate of drug-likeness (QED) is 0.731. The van der Waals surface area contributed by atoms with Crippen molar-refractivity contribution in [1.82, 2.24) is 5.32 Å². The summed E-state index contributed by atoms with van der Waals surface area (Å²) >= 11 is 2.20. The van der Waals surface area contributed by atoms with Gasteiger partial charge in [-0.1, -0.05) is 37.4 Å². The molecule has 0 atom stereocenters. The van der Waals surface area contributed by atoms with Gasteiger partial charge in [0, 0.05) is 0 Å². The Labute approximate surface area is 74.7 Å². The predicted molar refractivity (Wildman–Crippen MR) is 50.2 cm³/mol. The lowest BCUT2D eigenvalue weighted by Gasteiger charge is -1.98. The summed E-state index contributed by atoms with van der Waals surface area (Å²) in [4.78, 5) is 21.5. The molecule has 0 aromatic heterocycles. The first-order valence-electron chi connectivity index (χ1n) is 3.31. The van der Waals surface area contributed by atoms with Crippen LogP contribution in [0.1, 0.15) is 13.8 Å². The maximum atomic E-state index is 10.7. The zero-order valence-electron chi connectivity index (χ0n) is 6.55. The van der Waals surface area contributed by atoms with Crippen molar-refractivity contribution in [1.29, 1.82) is 0 Å². The highest BCUT2D eigenvalue weighted by Gasteiger charge is 2.05. The number of hydrogen-bond acceptors (Lipinski definition) is 4. The lowest BCUT2D eigenvalue weighted by atomic mass is 11.0. The van der Waals surface area contributed by atoms with Crippen LogP contribution in [0, 0.1) is 0 Å². The minimum Gasteiger partial charge on any atom is -0.278 e. The second kappa shape index (κ2) is 6.54. The van der Waals surface area contributed by atoms with E-state index in [9.17, 15) is 9.59 Å². The Balaban J connectivity index is 3.49. The van der Waals surface area contributed by atoms with Gasteiger partial charge < -0.3 is 0 Å². The van der Waals surface area contributed by atoms with Crippen molar-refractivity contribution >= 4 is 34.0 Å². The Hall–Kier alpha value is -0.160. The van der Waals surface area contributed by atoms with Crippen LogP contribution in [0.15, 0.2) is 0 Å². The SMILES string of the molecule is CCSC(=O)NC(=O)SCC. The van der Waals surface area contributed by atoms with Crippen molar-refractivity contribution in [3.05, 3.63) is 0 Å². The highest BCUT2D eigenvalue weighted by Crippen LogP contribution is 2.04. The maximum Gasteiger partial charge on any atom is 0.286 e. The van der Waals surface area contributed by atoms with Gasteiger partial charge in [-0.15, -0.1) is 0 Å². The van der Waals surface area contributed by atoms with Crippen LogP contribution in [0.2, 0.25) is 0 Å². The number of imide groups is 1. The third kappa shape index (κ3) is 6.25. The molecule has 2 amide bonds. The predicted octanol–water partition coefficient (Wildman–Crippen LogP) is 2.32. The third-order valence-corrected chi connectivity index (χ3v) is 2.06. The van der Waals surface area contributed by atoms with Crippen molar-refractivity contribution in [3.63, 3.8) is 0 Å². The standard InChI is InChI=1S/C6H11NO2S2/c1-3-10-5(8)7-6(9)11-4-2/h3-4H2,1-2H3,(H,7,8,9). The number of hydrogen-bond donors (Lipinski definition) is 1. The monoisotopic (exact) mass is 193 g/mol. The Kier molecular flexibility index (Phi) is 6.45. The van der Waals surface area contributed by atoms with Gasteiger partial charge in [0.05, 0.1) is 0 Å². The average Bonchev–Trinajstić information content (AvgIpc) is 1.87. The second-order valence-corrected chi connectivity index (χ2v) is 4.04. The molecule has 64 valence electrons. The zero-order valence-corrected chi connectivity index (χ0v) is 8.18. The van der Waals surface area contributed by atoms with Crippen molar-refractivity contribution in [3.8, 4) is 0 Å². The normalized spacial score (nSPS) is 9.27. The number of rotatable bonds is 2. The molecule has 0 spiro atoms. The van der Waals surface area contributed by atoms with E-state index in [0.29, 0.717) is 11.5 Å². The van der Waals surface area contributed by atoms with E-state index >= 15 is 0 Å². The smallest absolute Gasteiger partial charge is 0.278 e. The summed E-state index contributed by atoms with van der Waals surface area (Å²) in [7, 11) is 0. The van der Waals surface area contributed by atoms with Gasteiger partial charge >= 0.3 is 0 Å². The molecule has 0 radical (unpaired) electrons. The van der Waals surface area contributed by atoms with Crippen LogP contribution in [-0.2, 0) is 0 Å². The summed E-state index contributed by atoms with van der Waals surface area (Å²) in [6, 6.07) is 0. The first kappa shape index (κ1) is 10.8. The van der Waals surface area contributed by atoms with E-state index in [1.165, 1.54) is 0 Å². The molecular formula is C6H11NO2S2. The highest BCUT2D eigenvalue weighted by atomic mass is 32.2. The third-order valence-electron chi connectivity index (χ3n) is 0.755. The summed E-state index contributed by atoms with van der Waals surface area (Å²) in [5.74, 6) is 1.38. The average molecular weight is 193 g/mol. The molecule has 0 saturated heterocycles. The fourth-order valence-electron chi connectivity index (χ4n) is 0.418. The summed E-state index contributed by atoms with van der Waals surface area (Å²) in [6.07, 6.45) is 0. The Morgan fingerprint density at radius 1 is 1.09 bits per heavy atom. The summed E-state index contributed by atoms with van der Waals surface area (Å²) in [6.45, 7) is 3.73. The van der Waals surface area contributed by atoms with E-state index in [1.807, 2.05) is 13.8 Å². The second-order valence-electron chi connectivity index (χ2n) is 1.57. The van der Waals surface area contributed by atoms with E-state index < -0.39 is 0 Å². The molecule has 11 heavy (non-hydrogen) atoms. The van der Waals surface area contributed by atoms with Crippen LogP contribution in [0.3, 0.4) is 0 Å². The van der Waals surface area contributed by atoms with Crippen molar-refractivity contribution < 1.29 is 9.59 Å². The van der Waals surface area contributed by atoms with Crippen molar-refractivity contribution in [2.24, 2.45) is 0 Å². The zero-order chi connectivity index (χ0) is 8.69. The molecule has 0 rings (SSSR count). The van der Waals surface area contributed by atoms with Crippen LogP contribution in [0.25, 0.3) is 0 Å². The fourth-order valence-corrected chi connectivity index (χ4v) is 1.34. The Bertz CT molecular complexity index is 134. The van der Waals surface area contributed by atoms with Crippen LogP contribution in [0.4, 0.5) is 9.59 Å². The number of carbonyl (C=O) groups is 2. The molecule has 1 N–H and O–H groups in total. The Morgan fingerprint density at radius 2 is 1.45 bits per heavy atom. The first-order valence-corrected chi connectivity index (χ1v) is 5.28. The van der Waals surface area contributed by atoms with Crippen molar-refractivity contribution in [2.75, 3.05) is 11.5 Å². The van der Waals surface area contributed by atoms with E-state index in [4.69, 9.17) is 0 Å². The molecule has 3 nitrogen and oxygen atoms in total. The number of thioether (sulfide) groups is 2. The van der Waals surface area contributed by atoms with Crippen LogP contribution >= 0.6 is 23.5 Å². The maximum absolute atomic E-state index is 10.7. The number of nitrogens with one attached hydrogen (secondary N) is 1. The largest absolute Gasteiger partial charge is 0.286 e. The summed E-state index contributed by atoms with van der Waals surface area (Å²) in [5, 5.41) is 1.70. The minimum atomic E-state index is -0.265. The molecule has 0 bridgehead atoms. The molecule has 0 saturated carbocycles. The molecular weight excluding hydrogens is 182 g/mol. The fraction of sp³-hybridized carbons (Fsp3) is 0.667. The molecule has 0 unspecified atom stereocenters. The van der Waals surface area contributed by atoms with Gasteiger partial charge in [-0.25, -0.2) is 0 Å². The lowest BCUT2D eigenvalue weighted by Crippen LogP contribution is -2.23. The van der Waals surface area contributed by atoms with Crippen LogP contribution in [-0.4, -0.2) is 22.0 Å². The minimum absolute atomic E-state index is 0.265. The molecule has 0 aromatic rings. The topological polar surface area (TPSA) is 46.2 Å². The van der Waals surface area contributed by atoms with E-state index in [2.05, 4.69) is 5.32 Å². The molecule has 0 heterocycles. The van der Waals surface area contributed by atoms with Crippen LogP contribution in [0.5, 0.6) is 0 Å². The number of carbonyl (C=O) groups excluding carboxylic acids is 2. The molecule has 0 aliphatic rings. The number of amides is 2. The van der Waals surface area contributed by atoms with Gasteiger partial charge in [-0.05, 0) is 11.5 Å².